The third-order valence-corrected chi connectivity index (χ3v) is 10.4. The molecule has 0 fully saturated rings. The van der Waals surface area contributed by atoms with Gasteiger partial charge < -0.3 is 17.8 Å². The highest BCUT2D eigenvalue weighted by atomic mass is 28.4. The third-order valence-electron chi connectivity index (χ3n) is 2.19. The highest BCUT2D eigenvalue weighted by Gasteiger charge is 2.33. The third kappa shape index (κ3) is 8.33. The van der Waals surface area contributed by atoms with E-state index in [1.807, 2.05) is 6.92 Å². The summed E-state index contributed by atoms with van der Waals surface area (Å²) in [4.78, 5) is 17.4. The predicted octanol–water partition coefficient (Wildman–Crippen LogP) is -2.16. The molecule has 0 atom stereocenters. The first kappa shape index (κ1) is 18.5. The smallest absolute Gasteiger partial charge is 0.320 e. The van der Waals surface area contributed by atoms with Gasteiger partial charge >= 0.3 is 8.56 Å². The van der Waals surface area contributed by atoms with E-state index in [0.717, 1.165) is 30.4 Å². The lowest BCUT2D eigenvalue weighted by molar-refractivity contribution is -0.107. The van der Waals surface area contributed by atoms with Gasteiger partial charge in [0.1, 0.15) is 37.7 Å². The van der Waals surface area contributed by atoms with Crippen molar-refractivity contribution in [2.24, 2.45) is 0 Å². The van der Waals surface area contributed by atoms with E-state index in [-0.39, 0.29) is 0 Å². The van der Waals surface area contributed by atoms with Crippen molar-refractivity contribution in [3.63, 3.8) is 0 Å². The van der Waals surface area contributed by atoms with Gasteiger partial charge in [0, 0.05) is 12.5 Å². The van der Waals surface area contributed by atoms with Gasteiger partial charge in [0.2, 0.25) is 0 Å². The average Bonchev–Trinajstić information content (AvgIpc) is 2.30. The van der Waals surface area contributed by atoms with E-state index in [1.54, 1.807) is 0 Å². The molecule has 0 aromatic rings. The number of hydrogen-bond donors (Lipinski definition) is 1. The van der Waals surface area contributed by atoms with Crippen molar-refractivity contribution < 1.29 is 17.8 Å². The summed E-state index contributed by atoms with van der Waals surface area (Å²) in [6, 6.07) is 1.80. The van der Waals surface area contributed by atoms with Gasteiger partial charge in [-0.05, 0) is 19.4 Å². The SMILES string of the molecule is C=C(C)C[Si](CCCC=O)(O[SiH3])O[SiH3].O[SiH3]. The molecule has 0 aromatic carbocycles. The number of carbonyl (C=O) groups excluding carboxylic acids is 1. The minimum atomic E-state index is -1.98. The zero-order valence-corrected chi connectivity index (χ0v) is 17.8. The molecule has 0 radical (unpaired) electrons. The largest absolute Gasteiger partial charge is 0.445 e. The van der Waals surface area contributed by atoms with Crippen LogP contribution in [0, 0.1) is 0 Å². The van der Waals surface area contributed by atoms with Gasteiger partial charge in [-0.2, -0.15) is 0 Å². The van der Waals surface area contributed by atoms with E-state index in [1.165, 1.54) is 0 Å². The molecule has 4 nitrogen and oxygen atoms in total. The maximum absolute atomic E-state index is 10.2. The van der Waals surface area contributed by atoms with Gasteiger partial charge in [0.25, 0.3) is 0 Å². The Bertz CT molecular complexity index is 196. The predicted molar refractivity (Wildman–Crippen MR) is 79.7 cm³/mol. The van der Waals surface area contributed by atoms with E-state index in [9.17, 15) is 4.79 Å². The molecular weight excluding hydrogens is 272 g/mol. The molecule has 0 spiro atoms. The number of carbonyl (C=O) groups is 1. The highest BCUT2D eigenvalue weighted by Crippen LogP contribution is 2.23. The number of rotatable bonds is 8. The van der Waals surface area contributed by atoms with Crippen LogP contribution in [0.2, 0.25) is 12.1 Å². The van der Waals surface area contributed by atoms with E-state index in [4.69, 9.17) is 13.0 Å². The Morgan fingerprint density at radius 2 is 1.94 bits per heavy atom. The van der Waals surface area contributed by atoms with Crippen LogP contribution in [-0.2, 0) is 13.0 Å². The normalized spacial score (nSPS) is 13.9. The molecule has 0 aromatic heterocycles. The molecule has 1 N–H and O–H groups in total. The fourth-order valence-corrected chi connectivity index (χ4v) is 8.23. The summed E-state index contributed by atoms with van der Waals surface area (Å²) in [6.07, 6.45) is 2.45. The average molecular weight is 297 g/mol. The molecule has 8 heteroatoms. The van der Waals surface area contributed by atoms with Gasteiger partial charge in [0.15, 0.2) is 0 Å². The van der Waals surface area contributed by atoms with Crippen LogP contribution < -0.4 is 0 Å². The van der Waals surface area contributed by atoms with Crippen LogP contribution in [0.1, 0.15) is 19.8 Å². The minimum absolute atomic E-state index is 0.306. The van der Waals surface area contributed by atoms with E-state index >= 15 is 0 Å². The number of hydrogen-bond acceptors (Lipinski definition) is 4. The Kier molecular flexibility index (Phi) is 13.5. The molecule has 0 aliphatic heterocycles. The first-order chi connectivity index (χ1) is 7.60. The molecule has 0 aliphatic rings. The van der Waals surface area contributed by atoms with Crippen LogP contribution in [0.5, 0.6) is 0 Å². The van der Waals surface area contributed by atoms with Crippen molar-refractivity contribution in [1.29, 1.82) is 0 Å². The summed E-state index contributed by atoms with van der Waals surface area (Å²) in [7, 11) is -0.255. The van der Waals surface area contributed by atoms with Gasteiger partial charge in [-0.3, -0.25) is 0 Å². The van der Waals surface area contributed by atoms with Crippen molar-refractivity contribution in [2.75, 3.05) is 0 Å². The summed E-state index contributed by atoms with van der Waals surface area (Å²) in [6.45, 7) is 5.90. The Morgan fingerprint density at radius 1 is 1.44 bits per heavy atom. The van der Waals surface area contributed by atoms with Crippen molar-refractivity contribution in [3.8, 4) is 0 Å². The second-order valence-corrected chi connectivity index (χ2v) is 9.45. The first-order valence-corrected chi connectivity index (χ1v) is 9.99. The zero-order valence-electron chi connectivity index (χ0n) is 10.8. The van der Waals surface area contributed by atoms with Crippen molar-refractivity contribution in [3.05, 3.63) is 12.2 Å². The summed E-state index contributed by atoms with van der Waals surface area (Å²) in [5.41, 5.74) is 1.12. The van der Waals surface area contributed by atoms with Crippen LogP contribution in [0.4, 0.5) is 0 Å². The van der Waals surface area contributed by atoms with Crippen LogP contribution in [-0.4, -0.2) is 51.1 Å². The molecule has 0 amide bonds. The lowest BCUT2D eigenvalue weighted by Gasteiger charge is -2.28. The molecule has 0 saturated heterocycles. The lowest BCUT2D eigenvalue weighted by atomic mass is 10.4. The van der Waals surface area contributed by atoms with E-state index in [0.29, 0.717) is 37.9 Å². The minimum Gasteiger partial charge on any atom is -0.445 e. The number of unbranched alkanes of at least 4 members (excludes halogenated alkanes) is 1. The first-order valence-electron chi connectivity index (χ1n) is 5.23. The molecule has 0 unspecified atom stereocenters. The van der Waals surface area contributed by atoms with Gasteiger partial charge in [-0.1, -0.05) is 5.57 Å². The monoisotopic (exact) mass is 296 g/mol. The van der Waals surface area contributed by atoms with E-state index < -0.39 is 8.56 Å². The van der Waals surface area contributed by atoms with Crippen molar-refractivity contribution >= 4 is 46.3 Å². The molecule has 0 rings (SSSR count). The maximum Gasteiger partial charge on any atom is 0.320 e. The Labute approximate surface area is 108 Å². The summed E-state index contributed by atoms with van der Waals surface area (Å²) >= 11 is 0. The topological polar surface area (TPSA) is 55.8 Å². The second kappa shape index (κ2) is 11.6. The molecular formula is C8H24O4Si4. The van der Waals surface area contributed by atoms with E-state index in [2.05, 4.69) is 6.58 Å². The molecule has 0 bridgehead atoms. The maximum atomic E-state index is 10.2. The summed E-state index contributed by atoms with van der Waals surface area (Å²) < 4.78 is 11.3. The fraction of sp³-hybridized carbons (Fsp3) is 0.625. The second-order valence-electron chi connectivity index (χ2n) is 3.51. The van der Waals surface area contributed by atoms with Gasteiger partial charge in [0.05, 0.1) is 0 Å². The van der Waals surface area contributed by atoms with Crippen LogP contribution in [0.3, 0.4) is 0 Å². The quantitative estimate of drug-likeness (QED) is 0.240. The number of aldehydes is 1. The molecule has 96 valence electrons. The summed E-state index contributed by atoms with van der Waals surface area (Å²) in [5, 5.41) is 0. The Morgan fingerprint density at radius 3 is 2.25 bits per heavy atom. The molecule has 16 heavy (non-hydrogen) atoms. The highest BCUT2D eigenvalue weighted by molar-refractivity contribution is 6.73. The Hall–Kier alpha value is 0.158. The van der Waals surface area contributed by atoms with Crippen molar-refractivity contribution in [1.82, 2.24) is 0 Å². The van der Waals surface area contributed by atoms with Gasteiger partial charge in [-0.25, -0.2) is 0 Å². The van der Waals surface area contributed by atoms with Crippen LogP contribution >= 0.6 is 0 Å². The number of allylic oxidation sites excluding steroid dienone is 1. The van der Waals surface area contributed by atoms with Gasteiger partial charge in [-0.15, -0.1) is 6.58 Å². The fourth-order valence-electron chi connectivity index (χ4n) is 1.43. The summed E-state index contributed by atoms with van der Waals surface area (Å²) in [5.74, 6) is 0. The molecule has 0 saturated carbocycles. The molecule has 0 heterocycles. The van der Waals surface area contributed by atoms with Crippen LogP contribution in [0.15, 0.2) is 12.2 Å². The van der Waals surface area contributed by atoms with Crippen molar-refractivity contribution in [2.45, 2.75) is 31.9 Å². The standard InChI is InChI=1S/C8H20O3Si3.H4OSi/c1-8(2)7-14(10-12,11-13)6-4-3-5-9;1-2/h5H,1,3-4,6-7H2,2,12-13H3;1H,2H3. The lowest BCUT2D eigenvalue weighted by Crippen LogP contribution is -2.41. The molecule has 0 aliphatic carbocycles. The van der Waals surface area contributed by atoms with Crippen LogP contribution in [0.25, 0.3) is 0 Å². The Balaban J connectivity index is 0. The zero-order chi connectivity index (χ0) is 13.0.